The third kappa shape index (κ3) is 2.54. The molecule has 0 atom stereocenters. The molecule has 0 fully saturated rings. The maximum Gasteiger partial charge on any atom is 0.271 e. The van der Waals surface area contributed by atoms with E-state index < -0.39 is 0 Å². The van der Waals surface area contributed by atoms with E-state index in [2.05, 4.69) is 4.98 Å². The lowest BCUT2D eigenvalue weighted by Crippen LogP contribution is -2.20. The van der Waals surface area contributed by atoms with Gasteiger partial charge in [0.15, 0.2) is 0 Å². The molecular weight excluding hydrogens is 308 g/mol. The van der Waals surface area contributed by atoms with Crippen molar-refractivity contribution in [1.29, 1.82) is 0 Å². The highest BCUT2D eigenvalue weighted by Crippen LogP contribution is 2.24. The number of halogens is 1. The number of hydrogen-bond donors (Lipinski definition) is 0. The molecule has 2 aromatic heterocycles. The van der Waals surface area contributed by atoms with Crippen molar-refractivity contribution in [3.05, 3.63) is 56.4 Å². The first-order valence-corrected chi connectivity index (χ1v) is 7.61. The predicted octanol–water partition coefficient (Wildman–Crippen LogP) is 3.48. The fraction of sp³-hybridized carbons (Fsp3) is 0.200. The lowest BCUT2D eigenvalue weighted by atomic mass is 10.2. The molecule has 0 saturated carbocycles. The first kappa shape index (κ1) is 14.1. The van der Waals surface area contributed by atoms with Crippen LogP contribution >= 0.6 is 22.9 Å². The molecular formula is C15H13ClN2O2S. The Bertz CT molecular complexity index is 870. The zero-order valence-corrected chi connectivity index (χ0v) is 13.2. The molecule has 21 heavy (non-hydrogen) atoms. The van der Waals surface area contributed by atoms with Gasteiger partial charge in [-0.1, -0.05) is 11.6 Å². The molecule has 0 saturated heterocycles. The summed E-state index contributed by atoms with van der Waals surface area (Å²) >= 11 is 7.45. The zero-order valence-electron chi connectivity index (χ0n) is 11.6. The van der Waals surface area contributed by atoms with Crippen LogP contribution in [0.2, 0.25) is 5.02 Å². The number of ether oxygens (including phenoxy) is 1. The molecule has 4 nitrogen and oxygen atoms in total. The number of methoxy groups -OCH3 is 1. The van der Waals surface area contributed by atoms with E-state index in [1.807, 2.05) is 12.3 Å². The summed E-state index contributed by atoms with van der Waals surface area (Å²) in [4.78, 5) is 16.9. The number of hydrogen-bond acceptors (Lipinski definition) is 4. The van der Waals surface area contributed by atoms with Gasteiger partial charge in [0, 0.05) is 10.6 Å². The van der Waals surface area contributed by atoms with Gasteiger partial charge in [-0.2, -0.15) is 0 Å². The van der Waals surface area contributed by atoms with Crippen LogP contribution in [0.5, 0.6) is 5.75 Å². The van der Waals surface area contributed by atoms with Crippen molar-refractivity contribution < 1.29 is 4.74 Å². The van der Waals surface area contributed by atoms with Crippen molar-refractivity contribution in [3.8, 4) is 5.75 Å². The second kappa shape index (κ2) is 5.50. The summed E-state index contributed by atoms with van der Waals surface area (Å²) in [5.74, 6) is 0.703. The molecule has 0 aliphatic carbocycles. The molecule has 0 radical (unpaired) electrons. The molecule has 108 valence electrons. The van der Waals surface area contributed by atoms with Crippen LogP contribution in [0.3, 0.4) is 0 Å². The van der Waals surface area contributed by atoms with Crippen molar-refractivity contribution in [2.75, 3.05) is 7.11 Å². The lowest BCUT2D eigenvalue weighted by molar-refractivity contribution is 0.408. The highest BCUT2D eigenvalue weighted by Gasteiger charge is 2.11. The third-order valence-electron chi connectivity index (χ3n) is 3.31. The minimum Gasteiger partial charge on any atom is -0.496 e. The summed E-state index contributed by atoms with van der Waals surface area (Å²) in [5, 5.41) is 2.56. The standard InChI is InChI=1S/C15H13ClN2O2S/c1-9-7-21-14-13(9)17-8-18(15(14)19)6-10-5-11(16)3-4-12(10)20-2/h3-5,7-8H,6H2,1-2H3. The second-order valence-electron chi connectivity index (χ2n) is 4.73. The molecule has 0 amide bonds. The summed E-state index contributed by atoms with van der Waals surface area (Å²) in [6.07, 6.45) is 1.57. The molecule has 3 rings (SSSR count). The van der Waals surface area contributed by atoms with Crippen LogP contribution in [0.1, 0.15) is 11.1 Å². The number of fused-ring (bicyclic) bond motifs is 1. The van der Waals surface area contributed by atoms with Gasteiger partial charge in [-0.25, -0.2) is 4.98 Å². The number of benzene rings is 1. The Morgan fingerprint density at radius 2 is 2.24 bits per heavy atom. The van der Waals surface area contributed by atoms with Crippen LogP contribution in [0.15, 0.2) is 34.7 Å². The Kier molecular flexibility index (Phi) is 3.69. The first-order valence-electron chi connectivity index (χ1n) is 6.36. The maximum atomic E-state index is 12.5. The van der Waals surface area contributed by atoms with E-state index in [9.17, 15) is 4.79 Å². The van der Waals surface area contributed by atoms with Crippen LogP contribution in [-0.4, -0.2) is 16.7 Å². The van der Waals surface area contributed by atoms with Crippen molar-refractivity contribution >= 4 is 33.2 Å². The number of aromatic nitrogens is 2. The van der Waals surface area contributed by atoms with Gasteiger partial charge in [0.25, 0.3) is 5.56 Å². The zero-order chi connectivity index (χ0) is 15.0. The highest BCUT2D eigenvalue weighted by molar-refractivity contribution is 7.17. The van der Waals surface area contributed by atoms with Gasteiger partial charge in [-0.3, -0.25) is 9.36 Å². The fourth-order valence-electron chi connectivity index (χ4n) is 2.23. The minimum atomic E-state index is -0.0415. The predicted molar refractivity (Wildman–Crippen MR) is 85.7 cm³/mol. The van der Waals surface area contributed by atoms with E-state index in [4.69, 9.17) is 16.3 Å². The quantitative estimate of drug-likeness (QED) is 0.742. The summed E-state index contributed by atoms with van der Waals surface area (Å²) in [6, 6.07) is 5.36. The molecule has 0 unspecified atom stereocenters. The molecule has 0 aliphatic rings. The Labute approximate surface area is 130 Å². The van der Waals surface area contributed by atoms with Crippen LogP contribution in [0.25, 0.3) is 10.2 Å². The van der Waals surface area contributed by atoms with Crippen molar-refractivity contribution in [1.82, 2.24) is 9.55 Å². The summed E-state index contributed by atoms with van der Waals surface area (Å²) in [7, 11) is 1.60. The van der Waals surface area contributed by atoms with E-state index >= 15 is 0 Å². The first-order chi connectivity index (χ1) is 10.1. The van der Waals surface area contributed by atoms with Crippen molar-refractivity contribution in [3.63, 3.8) is 0 Å². The maximum absolute atomic E-state index is 12.5. The highest BCUT2D eigenvalue weighted by atomic mass is 35.5. The fourth-order valence-corrected chi connectivity index (χ4v) is 3.37. The van der Waals surface area contributed by atoms with Gasteiger partial charge in [0.1, 0.15) is 10.4 Å². The number of aryl methyl sites for hydroxylation is 1. The van der Waals surface area contributed by atoms with Crippen LogP contribution < -0.4 is 10.3 Å². The van der Waals surface area contributed by atoms with E-state index in [1.54, 1.807) is 36.2 Å². The average Bonchev–Trinajstić information content (AvgIpc) is 2.84. The SMILES string of the molecule is COc1ccc(Cl)cc1Cn1cnc2c(C)csc2c1=O. The van der Waals surface area contributed by atoms with Crippen molar-refractivity contribution in [2.45, 2.75) is 13.5 Å². The van der Waals surface area contributed by atoms with Crippen LogP contribution in [0.4, 0.5) is 0 Å². The van der Waals surface area contributed by atoms with E-state index in [-0.39, 0.29) is 5.56 Å². The molecule has 0 bridgehead atoms. The Balaban J connectivity index is 2.08. The molecule has 0 N–H and O–H groups in total. The molecule has 0 spiro atoms. The number of nitrogens with zero attached hydrogens (tertiary/aromatic N) is 2. The number of rotatable bonds is 3. The van der Waals surface area contributed by atoms with Gasteiger partial charge >= 0.3 is 0 Å². The monoisotopic (exact) mass is 320 g/mol. The molecule has 3 aromatic rings. The molecule has 2 heterocycles. The lowest BCUT2D eigenvalue weighted by Gasteiger charge is -2.10. The van der Waals surface area contributed by atoms with Gasteiger partial charge in [-0.05, 0) is 36.1 Å². The summed E-state index contributed by atoms with van der Waals surface area (Å²) < 4.78 is 7.56. The molecule has 6 heteroatoms. The normalized spacial score (nSPS) is 11.0. The molecule has 0 aliphatic heterocycles. The van der Waals surface area contributed by atoms with Crippen LogP contribution in [-0.2, 0) is 6.54 Å². The summed E-state index contributed by atoms with van der Waals surface area (Å²) in [6.45, 7) is 2.33. The Hall–Kier alpha value is -1.85. The minimum absolute atomic E-state index is 0.0415. The summed E-state index contributed by atoms with van der Waals surface area (Å²) in [5.41, 5.74) is 2.61. The van der Waals surface area contributed by atoms with Gasteiger partial charge in [0.2, 0.25) is 0 Å². The topological polar surface area (TPSA) is 44.1 Å². The Morgan fingerprint density at radius 3 is 3.00 bits per heavy atom. The van der Waals surface area contributed by atoms with E-state index in [1.165, 1.54) is 11.3 Å². The number of thiophene rings is 1. The van der Waals surface area contributed by atoms with E-state index in [0.29, 0.717) is 22.0 Å². The smallest absolute Gasteiger partial charge is 0.271 e. The second-order valence-corrected chi connectivity index (χ2v) is 6.05. The average molecular weight is 321 g/mol. The van der Waals surface area contributed by atoms with Gasteiger partial charge in [-0.15, -0.1) is 11.3 Å². The third-order valence-corrected chi connectivity index (χ3v) is 4.62. The largest absolute Gasteiger partial charge is 0.496 e. The van der Waals surface area contributed by atoms with Crippen molar-refractivity contribution in [2.24, 2.45) is 0 Å². The van der Waals surface area contributed by atoms with Crippen LogP contribution in [0, 0.1) is 6.92 Å². The van der Waals surface area contributed by atoms with Gasteiger partial charge in [0.05, 0.1) is 25.5 Å². The van der Waals surface area contributed by atoms with E-state index in [0.717, 1.165) is 16.6 Å². The van der Waals surface area contributed by atoms with Gasteiger partial charge < -0.3 is 4.74 Å². The molecule has 1 aromatic carbocycles. The Morgan fingerprint density at radius 1 is 1.43 bits per heavy atom.